The predicted molar refractivity (Wildman–Crippen MR) is 50.8 cm³/mol. The highest BCUT2D eigenvalue weighted by Gasteiger charge is 2.00. The molecule has 0 aromatic heterocycles. The van der Waals surface area contributed by atoms with Gasteiger partial charge in [-0.05, 0) is 20.3 Å². The average molecular weight is 154 g/mol. The van der Waals surface area contributed by atoms with Crippen molar-refractivity contribution in [3.05, 3.63) is 0 Å². The second kappa shape index (κ2) is 6.08. The van der Waals surface area contributed by atoms with Gasteiger partial charge in [0.15, 0.2) is 0 Å². The number of rotatable bonds is 5. The Morgan fingerprint density at radius 1 is 1.55 bits per heavy atom. The summed E-state index contributed by atoms with van der Waals surface area (Å²) in [4.78, 5) is 4.28. The first-order valence-electron chi connectivity index (χ1n) is 4.19. The highest BCUT2D eigenvalue weighted by Crippen LogP contribution is 2.03. The van der Waals surface area contributed by atoms with Gasteiger partial charge in [-0.2, -0.15) is 0 Å². The third-order valence-electron chi connectivity index (χ3n) is 1.54. The quantitative estimate of drug-likeness (QED) is 0.591. The summed E-state index contributed by atoms with van der Waals surface area (Å²) in [6.07, 6.45) is 3.73. The second-order valence-corrected chi connectivity index (χ2v) is 3.00. The lowest BCUT2D eigenvalue weighted by Crippen LogP contribution is -2.06. The topological polar surface area (TPSA) is 36.2 Å². The molecule has 0 fully saturated rings. The third-order valence-corrected chi connectivity index (χ3v) is 1.54. The van der Waals surface area contributed by atoms with Crippen LogP contribution in [0.5, 0.6) is 0 Å². The SMILES string of the molecule is CCCC(C=N)CN=C(C)C. The van der Waals surface area contributed by atoms with E-state index in [4.69, 9.17) is 5.41 Å². The van der Waals surface area contributed by atoms with Crippen molar-refractivity contribution in [1.82, 2.24) is 0 Å². The fourth-order valence-electron chi connectivity index (χ4n) is 0.898. The highest BCUT2D eigenvalue weighted by atomic mass is 14.7. The Hall–Kier alpha value is -0.660. The van der Waals surface area contributed by atoms with E-state index in [-0.39, 0.29) is 0 Å². The van der Waals surface area contributed by atoms with E-state index in [0.717, 1.165) is 25.1 Å². The maximum atomic E-state index is 7.11. The molecule has 0 rings (SSSR count). The van der Waals surface area contributed by atoms with Crippen LogP contribution >= 0.6 is 0 Å². The summed E-state index contributed by atoms with van der Waals surface area (Å²) in [7, 11) is 0. The van der Waals surface area contributed by atoms with Crippen molar-refractivity contribution in [2.75, 3.05) is 6.54 Å². The van der Waals surface area contributed by atoms with Crippen LogP contribution in [0.2, 0.25) is 0 Å². The molecule has 0 heterocycles. The Labute approximate surface area is 69.2 Å². The van der Waals surface area contributed by atoms with Crippen LogP contribution < -0.4 is 0 Å². The van der Waals surface area contributed by atoms with Gasteiger partial charge in [-0.25, -0.2) is 0 Å². The molecule has 2 heteroatoms. The first kappa shape index (κ1) is 10.3. The summed E-state index contributed by atoms with van der Waals surface area (Å²) in [5.74, 6) is 0.356. The molecule has 0 spiro atoms. The minimum atomic E-state index is 0.356. The van der Waals surface area contributed by atoms with Gasteiger partial charge in [0.1, 0.15) is 0 Å². The van der Waals surface area contributed by atoms with Crippen LogP contribution in [0.25, 0.3) is 0 Å². The summed E-state index contributed by atoms with van der Waals surface area (Å²) in [5, 5.41) is 7.11. The van der Waals surface area contributed by atoms with E-state index in [1.54, 1.807) is 0 Å². The van der Waals surface area contributed by atoms with Crippen molar-refractivity contribution in [2.24, 2.45) is 10.9 Å². The molecular weight excluding hydrogens is 136 g/mol. The molecule has 0 aliphatic heterocycles. The van der Waals surface area contributed by atoms with Crippen LogP contribution in [-0.2, 0) is 0 Å². The van der Waals surface area contributed by atoms with E-state index in [9.17, 15) is 0 Å². The van der Waals surface area contributed by atoms with Crippen molar-refractivity contribution in [3.8, 4) is 0 Å². The average Bonchev–Trinajstić information content (AvgIpc) is 1.97. The fourth-order valence-corrected chi connectivity index (χ4v) is 0.898. The summed E-state index contributed by atoms with van der Waals surface area (Å²) in [6.45, 7) is 6.92. The zero-order valence-electron chi connectivity index (χ0n) is 7.72. The molecule has 0 aromatic carbocycles. The lowest BCUT2D eigenvalue weighted by Gasteiger charge is -2.05. The largest absolute Gasteiger partial charge is 0.313 e. The summed E-state index contributed by atoms with van der Waals surface area (Å²) < 4.78 is 0. The normalized spacial score (nSPS) is 12.3. The Bertz CT molecular complexity index is 134. The van der Waals surface area contributed by atoms with Crippen molar-refractivity contribution >= 4 is 11.9 Å². The Kier molecular flexibility index (Phi) is 5.71. The lowest BCUT2D eigenvalue weighted by molar-refractivity contribution is 0.631. The van der Waals surface area contributed by atoms with Crippen molar-refractivity contribution < 1.29 is 0 Å². The van der Waals surface area contributed by atoms with E-state index in [2.05, 4.69) is 11.9 Å². The Balaban J connectivity index is 3.69. The van der Waals surface area contributed by atoms with Gasteiger partial charge in [0.25, 0.3) is 0 Å². The number of nitrogens with zero attached hydrogens (tertiary/aromatic N) is 1. The molecule has 2 nitrogen and oxygen atoms in total. The van der Waals surface area contributed by atoms with Gasteiger partial charge in [0.2, 0.25) is 0 Å². The zero-order chi connectivity index (χ0) is 8.69. The van der Waals surface area contributed by atoms with E-state index < -0.39 is 0 Å². The Morgan fingerprint density at radius 2 is 2.18 bits per heavy atom. The predicted octanol–water partition coefficient (Wildman–Crippen LogP) is 2.53. The summed E-state index contributed by atoms with van der Waals surface area (Å²) >= 11 is 0. The van der Waals surface area contributed by atoms with Gasteiger partial charge in [0.05, 0.1) is 0 Å². The van der Waals surface area contributed by atoms with Crippen LogP contribution in [0.4, 0.5) is 0 Å². The van der Waals surface area contributed by atoms with E-state index in [1.807, 2.05) is 13.8 Å². The molecule has 1 N–H and O–H groups in total. The minimum Gasteiger partial charge on any atom is -0.313 e. The first-order chi connectivity index (χ1) is 5.20. The molecule has 0 radical (unpaired) electrons. The zero-order valence-corrected chi connectivity index (χ0v) is 7.72. The van der Waals surface area contributed by atoms with Gasteiger partial charge in [-0.15, -0.1) is 0 Å². The van der Waals surface area contributed by atoms with Crippen LogP contribution in [0, 0.1) is 11.3 Å². The van der Waals surface area contributed by atoms with Crippen LogP contribution in [-0.4, -0.2) is 18.5 Å². The smallest absolute Gasteiger partial charge is 0.0465 e. The third kappa shape index (κ3) is 5.77. The van der Waals surface area contributed by atoms with Crippen LogP contribution in [0.15, 0.2) is 4.99 Å². The monoisotopic (exact) mass is 154 g/mol. The molecule has 1 atom stereocenters. The maximum absolute atomic E-state index is 7.11. The van der Waals surface area contributed by atoms with Crippen LogP contribution in [0.1, 0.15) is 33.6 Å². The lowest BCUT2D eigenvalue weighted by atomic mass is 10.1. The summed E-state index contributed by atoms with van der Waals surface area (Å²) in [6, 6.07) is 0. The first-order valence-corrected chi connectivity index (χ1v) is 4.19. The van der Waals surface area contributed by atoms with Crippen molar-refractivity contribution in [3.63, 3.8) is 0 Å². The molecule has 0 aromatic rings. The number of nitrogens with one attached hydrogen (secondary N) is 1. The molecule has 0 aliphatic rings. The second-order valence-electron chi connectivity index (χ2n) is 3.00. The standard InChI is InChI=1S/C9H18N2/c1-4-5-9(6-10)7-11-8(2)3/h6,9-10H,4-5,7H2,1-3H3. The Morgan fingerprint density at radius 3 is 2.55 bits per heavy atom. The molecular formula is C9H18N2. The van der Waals surface area contributed by atoms with E-state index >= 15 is 0 Å². The number of hydrogen-bond donors (Lipinski definition) is 1. The molecule has 0 bridgehead atoms. The van der Waals surface area contributed by atoms with Crippen molar-refractivity contribution in [2.45, 2.75) is 33.6 Å². The molecule has 64 valence electrons. The van der Waals surface area contributed by atoms with Crippen molar-refractivity contribution in [1.29, 1.82) is 5.41 Å². The molecule has 11 heavy (non-hydrogen) atoms. The van der Waals surface area contributed by atoms with Gasteiger partial charge in [0, 0.05) is 24.4 Å². The molecule has 0 aliphatic carbocycles. The fraction of sp³-hybridized carbons (Fsp3) is 0.778. The maximum Gasteiger partial charge on any atom is 0.0465 e. The molecule has 0 saturated carbocycles. The van der Waals surface area contributed by atoms with E-state index in [1.165, 1.54) is 6.21 Å². The van der Waals surface area contributed by atoms with Gasteiger partial charge in [-0.1, -0.05) is 13.3 Å². The minimum absolute atomic E-state index is 0.356. The number of hydrogen-bond acceptors (Lipinski definition) is 2. The molecule has 0 saturated heterocycles. The van der Waals surface area contributed by atoms with Gasteiger partial charge in [-0.3, -0.25) is 4.99 Å². The molecule has 0 amide bonds. The van der Waals surface area contributed by atoms with Gasteiger partial charge >= 0.3 is 0 Å². The number of aliphatic imine (C=N–C) groups is 1. The summed E-state index contributed by atoms with van der Waals surface area (Å²) in [5.41, 5.74) is 1.10. The van der Waals surface area contributed by atoms with E-state index in [0.29, 0.717) is 5.92 Å². The van der Waals surface area contributed by atoms with Crippen LogP contribution in [0.3, 0.4) is 0 Å². The molecule has 1 unspecified atom stereocenters. The highest BCUT2D eigenvalue weighted by molar-refractivity contribution is 5.79. The van der Waals surface area contributed by atoms with Gasteiger partial charge < -0.3 is 5.41 Å².